The molecule has 0 unspecified atom stereocenters. The summed E-state index contributed by atoms with van der Waals surface area (Å²) in [6, 6.07) is 84.7. The zero-order chi connectivity index (χ0) is 40.7. The van der Waals surface area contributed by atoms with Crippen molar-refractivity contribution in [3.05, 3.63) is 231 Å². The van der Waals surface area contributed by atoms with Gasteiger partial charge in [0, 0.05) is 32.9 Å². The first-order chi connectivity index (χ1) is 30.7. The average Bonchev–Trinajstić information content (AvgIpc) is 3.86. The SMILES string of the molecule is c1ccc(-c2cccc(-n3c4ccccc4c4cc(-c5ccc6c(c5)c5ccccc5n6-c5ccc(-c6cc7ccc8ccccc8c7c7ccccc67)cc5)ccc43)c2)cc1. The van der Waals surface area contributed by atoms with Gasteiger partial charge in [-0.3, -0.25) is 0 Å². The smallest absolute Gasteiger partial charge is 0.0541 e. The molecule has 0 amide bonds. The van der Waals surface area contributed by atoms with Gasteiger partial charge < -0.3 is 9.13 Å². The van der Waals surface area contributed by atoms with Gasteiger partial charge >= 0.3 is 0 Å². The van der Waals surface area contributed by atoms with E-state index in [0.717, 1.165) is 11.4 Å². The monoisotopic (exact) mass is 786 g/mol. The fourth-order valence-electron chi connectivity index (χ4n) is 10.2. The molecule has 0 aliphatic rings. The van der Waals surface area contributed by atoms with E-state index in [1.807, 2.05) is 0 Å². The molecule has 0 fully saturated rings. The maximum absolute atomic E-state index is 2.42. The van der Waals surface area contributed by atoms with Gasteiger partial charge in [-0.15, -0.1) is 0 Å². The fourth-order valence-corrected chi connectivity index (χ4v) is 10.2. The lowest BCUT2D eigenvalue weighted by Gasteiger charge is -2.14. The van der Waals surface area contributed by atoms with E-state index in [1.165, 1.54) is 109 Å². The molecule has 0 atom stereocenters. The van der Waals surface area contributed by atoms with Crippen LogP contribution in [0.25, 0.3) is 121 Å². The number of para-hydroxylation sites is 2. The van der Waals surface area contributed by atoms with Crippen molar-refractivity contribution in [1.82, 2.24) is 9.13 Å². The van der Waals surface area contributed by atoms with E-state index >= 15 is 0 Å². The molecule has 62 heavy (non-hydrogen) atoms. The number of fused-ring (bicyclic) bond motifs is 11. The first kappa shape index (κ1) is 34.6. The number of aromatic nitrogens is 2. The lowest BCUT2D eigenvalue weighted by atomic mass is 9.91. The van der Waals surface area contributed by atoms with Crippen LogP contribution in [0.5, 0.6) is 0 Å². The summed E-state index contributed by atoms with van der Waals surface area (Å²) in [7, 11) is 0. The van der Waals surface area contributed by atoms with Crippen molar-refractivity contribution in [2.24, 2.45) is 0 Å². The molecular formula is C60H38N2. The van der Waals surface area contributed by atoms with Crippen molar-refractivity contribution in [3.8, 4) is 44.8 Å². The summed E-state index contributed by atoms with van der Waals surface area (Å²) in [6.07, 6.45) is 0. The van der Waals surface area contributed by atoms with Gasteiger partial charge in [-0.1, -0.05) is 164 Å². The Hall–Kier alpha value is -8.20. The van der Waals surface area contributed by atoms with Crippen LogP contribution in [0.4, 0.5) is 0 Å². The highest BCUT2D eigenvalue weighted by Gasteiger charge is 2.17. The Morgan fingerprint density at radius 2 is 0.726 bits per heavy atom. The Bertz CT molecular complexity index is 3900. The van der Waals surface area contributed by atoms with Gasteiger partial charge in [-0.05, 0) is 132 Å². The molecule has 288 valence electrons. The van der Waals surface area contributed by atoms with Crippen LogP contribution in [-0.2, 0) is 0 Å². The Morgan fingerprint density at radius 3 is 1.42 bits per heavy atom. The minimum Gasteiger partial charge on any atom is -0.309 e. The molecule has 11 aromatic carbocycles. The topological polar surface area (TPSA) is 9.86 Å². The van der Waals surface area contributed by atoms with E-state index in [9.17, 15) is 0 Å². The molecule has 0 saturated heterocycles. The quantitative estimate of drug-likeness (QED) is 0.154. The summed E-state index contributed by atoms with van der Waals surface area (Å²) in [5.41, 5.74) is 14.4. The van der Waals surface area contributed by atoms with E-state index in [-0.39, 0.29) is 0 Å². The van der Waals surface area contributed by atoms with Crippen molar-refractivity contribution in [3.63, 3.8) is 0 Å². The second kappa shape index (κ2) is 13.7. The van der Waals surface area contributed by atoms with Gasteiger partial charge in [0.1, 0.15) is 0 Å². The van der Waals surface area contributed by atoms with Crippen molar-refractivity contribution in [2.75, 3.05) is 0 Å². The van der Waals surface area contributed by atoms with Gasteiger partial charge in [-0.2, -0.15) is 0 Å². The molecule has 0 spiro atoms. The van der Waals surface area contributed by atoms with Crippen LogP contribution >= 0.6 is 0 Å². The van der Waals surface area contributed by atoms with Crippen LogP contribution in [0, 0.1) is 0 Å². The van der Waals surface area contributed by atoms with Crippen LogP contribution < -0.4 is 0 Å². The predicted octanol–water partition coefficient (Wildman–Crippen LogP) is 16.3. The Balaban J connectivity index is 0.913. The maximum atomic E-state index is 2.42. The number of benzene rings is 11. The molecule has 0 saturated carbocycles. The molecule has 2 nitrogen and oxygen atoms in total. The maximum Gasteiger partial charge on any atom is 0.0541 e. The van der Waals surface area contributed by atoms with E-state index < -0.39 is 0 Å². The van der Waals surface area contributed by atoms with Gasteiger partial charge in [-0.25, -0.2) is 0 Å². The molecule has 13 rings (SSSR count). The number of hydrogen-bond acceptors (Lipinski definition) is 0. The second-order valence-corrected chi connectivity index (χ2v) is 16.5. The molecule has 13 aromatic rings. The summed E-state index contributed by atoms with van der Waals surface area (Å²) in [5.74, 6) is 0. The molecular weight excluding hydrogens is 749 g/mol. The van der Waals surface area contributed by atoms with Crippen LogP contribution in [0.1, 0.15) is 0 Å². The van der Waals surface area contributed by atoms with Crippen molar-refractivity contribution in [2.45, 2.75) is 0 Å². The molecule has 0 aliphatic carbocycles. The van der Waals surface area contributed by atoms with Gasteiger partial charge in [0.25, 0.3) is 0 Å². The fraction of sp³-hybridized carbons (Fsp3) is 0. The Kier molecular flexibility index (Phi) is 7.64. The highest BCUT2D eigenvalue weighted by molar-refractivity contribution is 6.23. The summed E-state index contributed by atoms with van der Waals surface area (Å²) >= 11 is 0. The molecule has 0 radical (unpaired) electrons. The highest BCUT2D eigenvalue weighted by Crippen LogP contribution is 2.41. The predicted molar refractivity (Wildman–Crippen MR) is 264 cm³/mol. The zero-order valence-electron chi connectivity index (χ0n) is 33.8. The standard InChI is InChI=1S/C60H38N2/c1-2-13-39(14-3-1)42-16-12-17-47(35-42)62-57-24-11-9-21-51(57)55-37-44(30-34-59(55)62)43-29-33-58-54(36-43)50-20-8-10-23-56(50)61(58)46-31-27-41(28-32-46)53-38-45-26-25-40-15-4-5-18-48(40)60(45)52-22-7-6-19-49(52)53/h1-38H. The zero-order valence-corrected chi connectivity index (χ0v) is 33.8. The van der Waals surface area contributed by atoms with E-state index in [2.05, 4.69) is 240 Å². The normalized spacial score (nSPS) is 11.9. The van der Waals surface area contributed by atoms with E-state index in [4.69, 9.17) is 0 Å². The highest BCUT2D eigenvalue weighted by atomic mass is 15.0. The minimum absolute atomic E-state index is 1.15. The summed E-state index contributed by atoms with van der Waals surface area (Å²) < 4.78 is 4.83. The van der Waals surface area contributed by atoms with Crippen molar-refractivity contribution < 1.29 is 0 Å². The third kappa shape index (κ3) is 5.30. The Labute approximate surface area is 358 Å². The first-order valence-corrected chi connectivity index (χ1v) is 21.4. The van der Waals surface area contributed by atoms with Crippen molar-refractivity contribution in [1.29, 1.82) is 0 Å². The Morgan fingerprint density at radius 1 is 0.226 bits per heavy atom. The van der Waals surface area contributed by atoms with Crippen LogP contribution in [-0.4, -0.2) is 9.13 Å². The van der Waals surface area contributed by atoms with Crippen LogP contribution in [0.15, 0.2) is 231 Å². The van der Waals surface area contributed by atoms with E-state index in [1.54, 1.807) is 0 Å². The number of nitrogens with zero attached hydrogens (tertiary/aromatic N) is 2. The van der Waals surface area contributed by atoms with Crippen LogP contribution in [0.2, 0.25) is 0 Å². The average molecular weight is 787 g/mol. The third-order valence-electron chi connectivity index (χ3n) is 13.1. The molecule has 0 aliphatic heterocycles. The summed E-state index contributed by atoms with van der Waals surface area (Å²) in [4.78, 5) is 0. The second-order valence-electron chi connectivity index (χ2n) is 16.5. The first-order valence-electron chi connectivity index (χ1n) is 21.4. The van der Waals surface area contributed by atoms with Crippen molar-refractivity contribution >= 4 is 75.9 Å². The summed E-state index contributed by atoms with van der Waals surface area (Å²) in [5, 5.41) is 12.7. The number of rotatable bonds is 5. The van der Waals surface area contributed by atoms with E-state index in [0.29, 0.717) is 0 Å². The van der Waals surface area contributed by atoms with Crippen LogP contribution in [0.3, 0.4) is 0 Å². The number of hydrogen-bond donors (Lipinski definition) is 0. The summed E-state index contributed by atoms with van der Waals surface area (Å²) in [6.45, 7) is 0. The van der Waals surface area contributed by atoms with Gasteiger partial charge in [0.15, 0.2) is 0 Å². The lowest BCUT2D eigenvalue weighted by molar-refractivity contribution is 1.18. The lowest BCUT2D eigenvalue weighted by Crippen LogP contribution is -1.94. The largest absolute Gasteiger partial charge is 0.309 e. The minimum atomic E-state index is 1.15. The molecule has 0 bridgehead atoms. The molecule has 0 N–H and O–H groups in total. The van der Waals surface area contributed by atoms with Gasteiger partial charge in [0.05, 0.1) is 22.1 Å². The van der Waals surface area contributed by atoms with Gasteiger partial charge in [0.2, 0.25) is 0 Å². The molecule has 2 heteroatoms. The molecule has 2 aromatic heterocycles. The molecule has 2 heterocycles. The third-order valence-corrected chi connectivity index (χ3v) is 13.1.